The Bertz CT molecular complexity index is 1110. The maximum Gasteiger partial charge on any atom is 0.270 e. The van der Waals surface area contributed by atoms with Gasteiger partial charge in [0.15, 0.2) is 5.82 Å². The van der Waals surface area contributed by atoms with E-state index in [1.54, 1.807) is 0 Å². The summed E-state index contributed by atoms with van der Waals surface area (Å²) >= 11 is 1.48. The standard InChI is InChI=1S/C20H15N3O2S/c24-19(15-8-5-12-3-1-2-4-14(12)11-15)21-16-9-10-26-17(16)20-22-18(23-25-20)13-6-7-13/h1-5,8-11,13H,6-7H2,(H,21,24). The van der Waals surface area contributed by atoms with Gasteiger partial charge in [-0.05, 0) is 47.2 Å². The summed E-state index contributed by atoms with van der Waals surface area (Å²) in [5.74, 6) is 1.51. The zero-order valence-corrected chi connectivity index (χ0v) is 14.6. The first kappa shape index (κ1) is 15.3. The van der Waals surface area contributed by atoms with Crippen LogP contribution in [-0.2, 0) is 0 Å². The molecule has 2 aromatic heterocycles. The highest BCUT2D eigenvalue weighted by molar-refractivity contribution is 7.14. The number of hydrogen-bond acceptors (Lipinski definition) is 5. The topological polar surface area (TPSA) is 68.0 Å². The Balaban J connectivity index is 1.41. The van der Waals surface area contributed by atoms with Crippen LogP contribution in [0, 0.1) is 0 Å². The van der Waals surface area contributed by atoms with E-state index in [2.05, 4.69) is 15.5 Å². The number of fused-ring (bicyclic) bond motifs is 1. The number of benzene rings is 2. The second kappa shape index (κ2) is 6.07. The average molecular weight is 361 g/mol. The van der Waals surface area contributed by atoms with Crippen LogP contribution >= 0.6 is 11.3 Å². The summed E-state index contributed by atoms with van der Waals surface area (Å²) in [7, 11) is 0. The van der Waals surface area contributed by atoms with Crippen molar-refractivity contribution < 1.29 is 9.32 Å². The Morgan fingerprint density at radius 3 is 2.81 bits per heavy atom. The number of anilines is 1. The van der Waals surface area contributed by atoms with Crippen LogP contribution in [0.1, 0.15) is 34.9 Å². The van der Waals surface area contributed by atoms with Gasteiger partial charge in [-0.25, -0.2) is 0 Å². The lowest BCUT2D eigenvalue weighted by molar-refractivity contribution is 0.102. The molecule has 26 heavy (non-hydrogen) atoms. The summed E-state index contributed by atoms with van der Waals surface area (Å²) in [4.78, 5) is 18.0. The van der Waals surface area contributed by atoms with Gasteiger partial charge in [-0.1, -0.05) is 35.5 Å². The first-order chi connectivity index (χ1) is 12.8. The van der Waals surface area contributed by atoms with Gasteiger partial charge in [-0.2, -0.15) is 4.98 Å². The summed E-state index contributed by atoms with van der Waals surface area (Å²) in [6.45, 7) is 0. The van der Waals surface area contributed by atoms with Crippen molar-refractivity contribution in [2.24, 2.45) is 0 Å². The fraction of sp³-hybridized carbons (Fsp3) is 0.150. The van der Waals surface area contributed by atoms with Crippen molar-refractivity contribution in [1.82, 2.24) is 10.1 Å². The zero-order valence-electron chi connectivity index (χ0n) is 13.8. The number of nitrogens with one attached hydrogen (secondary N) is 1. The molecule has 1 aliphatic carbocycles. The highest BCUT2D eigenvalue weighted by Gasteiger charge is 2.29. The summed E-state index contributed by atoms with van der Waals surface area (Å²) in [5.41, 5.74) is 1.31. The molecule has 0 atom stereocenters. The lowest BCUT2D eigenvalue weighted by Gasteiger charge is -2.06. The lowest BCUT2D eigenvalue weighted by Crippen LogP contribution is -2.11. The number of aromatic nitrogens is 2. The zero-order chi connectivity index (χ0) is 17.5. The first-order valence-corrected chi connectivity index (χ1v) is 9.37. The molecule has 5 rings (SSSR count). The van der Waals surface area contributed by atoms with Gasteiger partial charge < -0.3 is 9.84 Å². The molecule has 2 aromatic carbocycles. The molecular formula is C20H15N3O2S. The van der Waals surface area contributed by atoms with Crippen LogP contribution in [0.4, 0.5) is 5.69 Å². The van der Waals surface area contributed by atoms with E-state index in [-0.39, 0.29) is 5.91 Å². The molecule has 128 valence electrons. The van der Waals surface area contributed by atoms with E-state index in [9.17, 15) is 4.79 Å². The van der Waals surface area contributed by atoms with Gasteiger partial charge in [0.2, 0.25) is 0 Å². The molecule has 0 saturated heterocycles. The van der Waals surface area contributed by atoms with Crippen LogP contribution in [-0.4, -0.2) is 16.0 Å². The smallest absolute Gasteiger partial charge is 0.270 e. The molecular weight excluding hydrogens is 346 g/mol. The average Bonchev–Trinajstić information content (AvgIpc) is 3.23. The molecule has 0 aliphatic heterocycles. The predicted molar refractivity (Wildman–Crippen MR) is 101 cm³/mol. The maximum atomic E-state index is 12.7. The van der Waals surface area contributed by atoms with E-state index in [4.69, 9.17) is 4.52 Å². The monoisotopic (exact) mass is 361 g/mol. The third-order valence-electron chi connectivity index (χ3n) is 4.50. The van der Waals surface area contributed by atoms with Crippen LogP contribution in [0.15, 0.2) is 58.4 Å². The van der Waals surface area contributed by atoms with Gasteiger partial charge in [-0.15, -0.1) is 11.3 Å². The molecule has 6 heteroatoms. The van der Waals surface area contributed by atoms with Crippen LogP contribution in [0.5, 0.6) is 0 Å². The maximum absolute atomic E-state index is 12.7. The van der Waals surface area contributed by atoms with Crippen molar-refractivity contribution in [2.45, 2.75) is 18.8 Å². The largest absolute Gasteiger partial charge is 0.333 e. The molecule has 0 unspecified atom stereocenters. The normalized spacial score (nSPS) is 13.8. The molecule has 0 radical (unpaired) electrons. The fourth-order valence-corrected chi connectivity index (χ4v) is 3.70. The minimum Gasteiger partial charge on any atom is -0.333 e. The van der Waals surface area contributed by atoms with Crippen molar-refractivity contribution in [3.8, 4) is 10.8 Å². The van der Waals surface area contributed by atoms with Crippen molar-refractivity contribution in [3.63, 3.8) is 0 Å². The van der Waals surface area contributed by atoms with Crippen LogP contribution in [0.2, 0.25) is 0 Å². The summed E-state index contributed by atoms with van der Waals surface area (Å²) in [5, 5.41) is 11.1. The molecule has 0 bridgehead atoms. The van der Waals surface area contributed by atoms with E-state index in [1.807, 2.05) is 53.9 Å². The number of rotatable bonds is 4. The summed E-state index contributed by atoms with van der Waals surface area (Å²) < 4.78 is 5.39. The highest BCUT2D eigenvalue weighted by Crippen LogP contribution is 2.40. The molecule has 1 amide bonds. The Morgan fingerprint density at radius 2 is 1.96 bits per heavy atom. The van der Waals surface area contributed by atoms with Crippen LogP contribution in [0.3, 0.4) is 0 Å². The van der Waals surface area contributed by atoms with Gasteiger partial charge in [-0.3, -0.25) is 4.79 Å². The van der Waals surface area contributed by atoms with Gasteiger partial charge >= 0.3 is 0 Å². The number of hydrogen-bond donors (Lipinski definition) is 1. The Hall–Kier alpha value is -2.99. The van der Waals surface area contributed by atoms with E-state index in [0.29, 0.717) is 23.1 Å². The van der Waals surface area contributed by atoms with Crippen molar-refractivity contribution in [3.05, 3.63) is 65.3 Å². The van der Waals surface area contributed by atoms with Crippen molar-refractivity contribution in [1.29, 1.82) is 0 Å². The lowest BCUT2D eigenvalue weighted by atomic mass is 10.1. The van der Waals surface area contributed by atoms with Crippen molar-refractivity contribution >= 4 is 33.7 Å². The van der Waals surface area contributed by atoms with Gasteiger partial charge in [0.05, 0.1) is 5.69 Å². The number of thiophene rings is 1. The minimum atomic E-state index is -0.155. The Kier molecular flexibility index (Phi) is 3.57. The Labute approximate surface area is 153 Å². The fourth-order valence-electron chi connectivity index (χ4n) is 2.93. The van der Waals surface area contributed by atoms with Crippen LogP contribution < -0.4 is 5.32 Å². The van der Waals surface area contributed by atoms with E-state index >= 15 is 0 Å². The molecule has 1 aliphatic rings. The van der Waals surface area contributed by atoms with Crippen LogP contribution in [0.25, 0.3) is 21.5 Å². The molecule has 4 aromatic rings. The Morgan fingerprint density at radius 1 is 1.12 bits per heavy atom. The quantitative estimate of drug-likeness (QED) is 0.550. The molecule has 1 N–H and O–H groups in total. The second-order valence-corrected chi connectivity index (χ2v) is 7.33. The third-order valence-corrected chi connectivity index (χ3v) is 5.41. The SMILES string of the molecule is O=C(Nc1ccsc1-c1nc(C2CC2)no1)c1ccc2ccccc2c1. The van der Waals surface area contributed by atoms with Gasteiger partial charge in [0, 0.05) is 11.5 Å². The molecule has 1 fully saturated rings. The first-order valence-electron chi connectivity index (χ1n) is 8.49. The molecule has 5 nitrogen and oxygen atoms in total. The predicted octanol–water partition coefficient (Wildman–Crippen LogP) is 5.08. The summed E-state index contributed by atoms with van der Waals surface area (Å²) in [6.07, 6.45) is 2.24. The van der Waals surface area contributed by atoms with E-state index in [0.717, 1.165) is 34.3 Å². The number of amides is 1. The molecule has 1 saturated carbocycles. The minimum absolute atomic E-state index is 0.155. The number of nitrogens with zero attached hydrogens (tertiary/aromatic N) is 2. The van der Waals surface area contributed by atoms with E-state index in [1.165, 1.54) is 11.3 Å². The number of carbonyl (C=O) groups is 1. The second-order valence-electron chi connectivity index (χ2n) is 6.41. The van der Waals surface area contributed by atoms with Gasteiger partial charge in [0.25, 0.3) is 11.8 Å². The van der Waals surface area contributed by atoms with Gasteiger partial charge in [0.1, 0.15) is 4.88 Å². The molecule has 2 heterocycles. The van der Waals surface area contributed by atoms with E-state index < -0.39 is 0 Å². The highest BCUT2D eigenvalue weighted by atomic mass is 32.1. The third kappa shape index (κ3) is 2.78. The summed E-state index contributed by atoms with van der Waals surface area (Å²) in [6, 6.07) is 15.5. The molecule has 0 spiro atoms. The number of carbonyl (C=O) groups excluding carboxylic acids is 1. The van der Waals surface area contributed by atoms with Crippen molar-refractivity contribution in [2.75, 3.05) is 5.32 Å².